The Morgan fingerprint density at radius 2 is 2.20 bits per heavy atom. The molecule has 4 heteroatoms. The first-order valence-electron chi connectivity index (χ1n) is 5.70. The van der Waals surface area contributed by atoms with Gasteiger partial charge in [0.1, 0.15) is 0 Å². The highest BCUT2D eigenvalue weighted by Gasteiger charge is 2.29. The summed E-state index contributed by atoms with van der Waals surface area (Å²) in [5.41, 5.74) is 0. The lowest BCUT2D eigenvalue weighted by Gasteiger charge is -2.17. The van der Waals surface area contributed by atoms with E-state index in [1.165, 1.54) is 12.8 Å². The van der Waals surface area contributed by atoms with Crippen molar-refractivity contribution in [1.82, 2.24) is 15.5 Å². The van der Waals surface area contributed by atoms with E-state index in [1.807, 2.05) is 7.05 Å². The molecule has 4 nitrogen and oxygen atoms in total. The lowest BCUT2D eigenvalue weighted by atomic mass is 10.0. The van der Waals surface area contributed by atoms with E-state index in [2.05, 4.69) is 29.3 Å². The van der Waals surface area contributed by atoms with Gasteiger partial charge in [-0.3, -0.25) is 0 Å². The average Bonchev–Trinajstić information content (AvgIpc) is 2.95. The van der Waals surface area contributed by atoms with Gasteiger partial charge in [0.05, 0.1) is 0 Å². The van der Waals surface area contributed by atoms with Gasteiger partial charge in [0.2, 0.25) is 5.89 Å². The van der Waals surface area contributed by atoms with Crippen LogP contribution in [0.1, 0.15) is 44.3 Å². The maximum absolute atomic E-state index is 5.25. The van der Waals surface area contributed by atoms with E-state index < -0.39 is 0 Å². The summed E-state index contributed by atoms with van der Waals surface area (Å²) in [5.74, 6) is 2.83. The molecule has 0 radical (unpaired) electrons. The Kier molecular flexibility index (Phi) is 3.05. The van der Waals surface area contributed by atoms with Gasteiger partial charge in [-0.1, -0.05) is 19.0 Å². The quantitative estimate of drug-likeness (QED) is 0.802. The molecule has 0 spiro atoms. The van der Waals surface area contributed by atoms with Gasteiger partial charge in [0.25, 0.3) is 0 Å². The summed E-state index contributed by atoms with van der Waals surface area (Å²) < 4.78 is 5.25. The number of nitrogens with one attached hydrogen (secondary N) is 1. The summed E-state index contributed by atoms with van der Waals surface area (Å²) in [6.07, 6.45) is 3.27. The molecule has 1 fully saturated rings. The first kappa shape index (κ1) is 10.6. The molecular formula is C11H19N3O. The first-order valence-corrected chi connectivity index (χ1v) is 5.70. The second kappa shape index (κ2) is 4.31. The van der Waals surface area contributed by atoms with Gasteiger partial charge in [-0.2, -0.15) is 4.98 Å². The third kappa shape index (κ3) is 2.56. The van der Waals surface area contributed by atoms with Gasteiger partial charge in [-0.05, 0) is 25.8 Å². The fourth-order valence-electron chi connectivity index (χ4n) is 1.72. The molecule has 1 N–H and O–H groups in total. The molecule has 0 saturated heterocycles. The molecule has 0 aliphatic heterocycles. The van der Waals surface area contributed by atoms with Crippen molar-refractivity contribution < 1.29 is 4.52 Å². The zero-order valence-corrected chi connectivity index (χ0v) is 9.66. The molecule has 1 aliphatic rings. The zero-order valence-electron chi connectivity index (χ0n) is 9.66. The van der Waals surface area contributed by atoms with E-state index in [4.69, 9.17) is 4.52 Å². The maximum atomic E-state index is 5.25. The summed E-state index contributed by atoms with van der Waals surface area (Å²) in [6.45, 7) is 4.39. The van der Waals surface area contributed by atoms with Crippen LogP contribution in [0, 0.1) is 5.92 Å². The minimum absolute atomic E-state index is 0.414. The van der Waals surface area contributed by atoms with Crippen LogP contribution in [0.15, 0.2) is 4.52 Å². The van der Waals surface area contributed by atoms with Crippen LogP contribution in [-0.4, -0.2) is 23.2 Å². The van der Waals surface area contributed by atoms with Crippen LogP contribution in [0.3, 0.4) is 0 Å². The molecule has 84 valence electrons. The van der Waals surface area contributed by atoms with Gasteiger partial charge in [0.15, 0.2) is 5.82 Å². The van der Waals surface area contributed by atoms with Gasteiger partial charge in [-0.15, -0.1) is 0 Å². The molecule has 1 atom stereocenters. The van der Waals surface area contributed by atoms with Gasteiger partial charge in [-0.25, -0.2) is 0 Å². The van der Waals surface area contributed by atoms with Crippen LogP contribution < -0.4 is 5.32 Å². The van der Waals surface area contributed by atoms with Crippen LogP contribution in [0.25, 0.3) is 0 Å². The number of likely N-dealkylation sites (N-methyl/N-ethyl adjacent to an activating group) is 1. The van der Waals surface area contributed by atoms with E-state index in [9.17, 15) is 0 Å². The molecule has 2 rings (SSSR count). The summed E-state index contributed by atoms with van der Waals surface area (Å²) >= 11 is 0. The number of aromatic nitrogens is 2. The van der Waals surface area contributed by atoms with Gasteiger partial charge in [0, 0.05) is 18.4 Å². The van der Waals surface area contributed by atoms with Crippen LogP contribution in [0.5, 0.6) is 0 Å². The largest absolute Gasteiger partial charge is 0.339 e. The molecule has 1 heterocycles. The van der Waals surface area contributed by atoms with Crippen molar-refractivity contribution in [1.29, 1.82) is 0 Å². The fraction of sp³-hybridized carbons (Fsp3) is 0.818. The lowest BCUT2D eigenvalue weighted by Crippen LogP contribution is -2.32. The number of hydrogen-bond acceptors (Lipinski definition) is 4. The summed E-state index contributed by atoms with van der Waals surface area (Å²) in [6, 6.07) is 0.414. The van der Waals surface area contributed by atoms with Crippen molar-refractivity contribution >= 4 is 0 Å². The number of nitrogens with zero attached hydrogens (tertiary/aromatic N) is 2. The van der Waals surface area contributed by atoms with Crippen LogP contribution in [0.4, 0.5) is 0 Å². The van der Waals surface area contributed by atoms with Crippen molar-refractivity contribution in [2.24, 2.45) is 5.92 Å². The molecular weight excluding hydrogens is 190 g/mol. The van der Waals surface area contributed by atoms with E-state index in [0.29, 0.717) is 17.9 Å². The van der Waals surface area contributed by atoms with Crippen molar-refractivity contribution in [2.45, 2.75) is 45.1 Å². The SMILES string of the molecule is CNC(Cc1nc(C2CC2)no1)C(C)C. The lowest BCUT2D eigenvalue weighted by molar-refractivity contribution is 0.333. The maximum Gasteiger partial charge on any atom is 0.228 e. The highest BCUT2D eigenvalue weighted by atomic mass is 16.5. The minimum Gasteiger partial charge on any atom is -0.339 e. The number of hydrogen-bond donors (Lipinski definition) is 1. The highest BCUT2D eigenvalue weighted by Crippen LogP contribution is 2.38. The normalized spacial score (nSPS) is 18.4. The van der Waals surface area contributed by atoms with E-state index >= 15 is 0 Å². The topological polar surface area (TPSA) is 51.0 Å². The molecule has 1 aromatic rings. The Bertz CT molecular complexity index is 317. The Balaban J connectivity index is 1.96. The second-order valence-electron chi connectivity index (χ2n) is 4.66. The van der Waals surface area contributed by atoms with E-state index in [1.54, 1.807) is 0 Å². The summed E-state index contributed by atoms with van der Waals surface area (Å²) in [7, 11) is 1.98. The molecule has 0 amide bonds. The predicted octanol–water partition coefficient (Wildman–Crippen LogP) is 1.73. The van der Waals surface area contributed by atoms with E-state index in [0.717, 1.165) is 18.1 Å². The molecule has 15 heavy (non-hydrogen) atoms. The zero-order chi connectivity index (χ0) is 10.8. The average molecular weight is 209 g/mol. The van der Waals surface area contributed by atoms with Crippen LogP contribution in [0.2, 0.25) is 0 Å². The third-order valence-corrected chi connectivity index (χ3v) is 3.00. The van der Waals surface area contributed by atoms with Gasteiger partial charge < -0.3 is 9.84 Å². The van der Waals surface area contributed by atoms with Gasteiger partial charge >= 0.3 is 0 Å². The van der Waals surface area contributed by atoms with Crippen molar-refractivity contribution in [2.75, 3.05) is 7.05 Å². The standard InChI is InChI=1S/C11H19N3O/c1-7(2)9(12-3)6-10-13-11(14-15-10)8-4-5-8/h7-9,12H,4-6H2,1-3H3. The predicted molar refractivity (Wildman–Crippen MR) is 57.7 cm³/mol. The molecule has 1 aliphatic carbocycles. The molecule has 0 bridgehead atoms. The molecule has 1 aromatic heterocycles. The van der Waals surface area contributed by atoms with Crippen molar-refractivity contribution in [3.63, 3.8) is 0 Å². The van der Waals surface area contributed by atoms with Crippen molar-refractivity contribution in [3.05, 3.63) is 11.7 Å². The highest BCUT2D eigenvalue weighted by molar-refractivity contribution is 5.03. The number of rotatable bonds is 5. The minimum atomic E-state index is 0.414. The van der Waals surface area contributed by atoms with E-state index in [-0.39, 0.29) is 0 Å². The molecule has 0 aromatic carbocycles. The summed E-state index contributed by atoms with van der Waals surface area (Å²) in [5, 5.41) is 7.29. The Morgan fingerprint density at radius 1 is 1.47 bits per heavy atom. The van der Waals surface area contributed by atoms with Crippen LogP contribution >= 0.6 is 0 Å². The van der Waals surface area contributed by atoms with Crippen molar-refractivity contribution in [3.8, 4) is 0 Å². The third-order valence-electron chi connectivity index (χ3n) is 3.00. The smallest absolute Gasteiger partial charge is 0.228 e. The van der Waals surface area contributed by atoms with Crippen LogP contribution in [-0.2, 0) is 6.42 Å². The monoisotopic (exact) mass is 209 g/mol. The Morgan fingerprint density at radius 3 is 2.73 bits per heavy atom. The molecule has 1 saturated carbocycles. The summed E-state index contributed by atoms with van der Waals surface area (Å²) in [4.78, 5) is 4.42. The Labute approximate surface area is 90.4 Å². The second-order valence-corrected chi connectivity index (χ2v) is 4.66. The fourth-order valence-corrected chi connectivity index (χ4v) is 1.72. The molecule has 1 unspecified atom stereocenters. The first-order chi connectivity index (χ1) is 7.20. The Hall–Kier alpha value is -0.900.